The SMILES string of the molecule is COc1ccc([N+](=O)[O-])c(NCC2(O)CCCCC2)c1. The van der Waals surface area contributed by atoms with Gasteiger partial charge in [-0.05, 0) is 18.9 Å². The van der Waals surface area contributed by atoms with E-state index in [-0.39, 0.29) is 5.69 Å². The molecule has 6 nitrogen and oxygen atoms in total. The van der Waals surface area contributed by atoms with Gasteiger partial charge in [0.2, 0.25) is 0 Å². The minimum absolute atomic E-state index is 0.00907. The molecule has 1 aliphatic carbocycles. The second-order valence-corrected chi connectivity index (χ2v) is 5.28. The summed E-state index contributed by atoms with van der Waals surface area (Å²) in [5.41, 5.74) is -0.395. The lowest BCUT2D eigenvalue weighted by atomic mass is 9.85. The van der Waals surface area contributed by atoms with Crippen molar-refractivity contribution in [2.24, 2.45) is 0 Å². The molecule has 1 saturated carbocycles. The van der Waals surface area contributed by atoms with Crippen molar-refractivity contribution < 1.29 is 14.8 Å². The quantitative estimate of drug-likeness (QED) is 0.640. The minimum atomic E-state index is -0.769. The van der Waals surface area contributed by atoms with Gasteiger partial charge in [-0.2, -0.15) is 0 Å². The fraction of sp³-hybridized carbons (Fsp3) is 0.571. The highest BCUT2D eigenvalue weighted by molar-refractivity contribution is 5.64. The number of hydrogen-bond acceptors (Lipinski definition) is 5. The molecular formula is C14H20N2O4. The highest BCUT2D eigenvalue weighted by atomic mass is 16.6. The molecule has 6 heteroatoms. The van der Waals surface area contributed by atoms with Gasteiger partial charge in [-0.1, -0.05) is 19.3 Å². The average Bonchev–Trinajstić information content (AvgIpc) is 2.45. The number of aliphatic hydroxyl groups is 1. The van der Waals surface area contributed by atoms with Crippen molar-refractivity contribution in [1.29, 1.82) is 0 Å². The summed E-state index contributed by atoms with van der Waals surface area (Å²) in [6.07, 6.45) is 4.61. The third-order valence-electron chi connectivity index (χ3n) is 3.79. The maximum Gasteiger partial charge on any atom is 0.292 e. The van der Waals surface area contributed by atoms with Gasteiger partial charge < -0.3 is 15.2 Å². The number of nitro groups is 1. The first kappa shape index (κ1) is 14.6. The summed E-state index contributed by atoms with van der Waals surface area (Å²) in [7, 11) is 1.51. The number of methoxy groups -OCH3 is 1. The third-order valence-corrected chi connectivity index (χ3v) is 3.79. The summed E-state index contributed by atoms with van der Waals surface area (Å²) >= 11 is 0. The van der Waals surface area contributed by atoms with E-state index in [2.05, 4.69) is 5.32 Å². The van der Waals surface area contributed by atoms with Crippen molar-refractivity contribution in [2.45, 2.75) is 37.7 Å². The first-order valence-electron chi connectivity index (χ1n) is 6.83. The fourth-order valence-electron chi connectivity index (χ4n) is 2.59. The lowest BCUT2D eigenvalue weighted by Gasteiger charge is -2.32. The smallest absolute Gasteiger partial charge is 0.292 e. The Hall–Kier alpha value is -1.82. The maximum atomic E-state index is 11.0. The molecule has 0 aliphatic heterocycles. The zero-order chi connectivity index (χ0) is 14.6. The molecule has 1 aromatic rings. The standard InChI is InChI=1S/C14H20N2O4/c1-20-11-5-6-13(16(18)19)12(9-11)15-10-14(17)7-3-2-4-8-14/h5-6,9,15,17H,2-4,7-8,10H2,1H3. The topological polar surface area (TPSA) is 84.6 Å². The highest BCUT2D eigenvalue weighted by Crippen LogP contribution is 2.32. The number of hydrogen-bond donors (Lipinski definition) is 2. The van der Waals surface area contributed by atoms with Crippen molar-refractivity contribution in [1.82, 2.24) is 0 Å². The molecular weight excluding hydrogens is 260 g/mol. The Morgan fingerprint density at radius 1 is 1.40 bits per heavy atom. The van der Waals surface area contributed by atoms with Gasteiger partial charge >= 0.3 is 0 Å². The molecule has 1 aliphatic rings. The van der Waals surface area contributed by atoms with Gasteiger partial charge in [-0.15, -0.1) is 0 Å². The molecule has 0 atom stereocenters. The molecule has 1 aromatic carbocycles. The number of nitrogens with one attached hydrogen (secondary N) is 1. The Bertz CT molecular complexity index is 484. The maximum absolute atomic E-state index is 11.0. The normalized spacial score (nSPS) is 17.5. The molecule has 110 valence electrons. The highest BCUT2D eigenvalue weighted by Gasteiger charge is 2.29. The molecule has 1 fully saturated rings. The Morgan fingerprint density at radius 3 is 2.70 bits per heavy atom. The molecule has 2 N–H and O–H groups in total. The van der Waals surface area contributed by atoms with Gasteiger partial charge in [-0.25, -0.2) is 0 Å². The van der Waals surface area contributed by atoms with Crippen molar-refractivity contribution in [2.75, 3.05) is 19.0 Å². The van der Waals surface area contributed by atoms with E-state index in [0.29, 0.717) is 18.0 Å². The number of nitro benzene ring substituents is 1. The monoisotopic (exact) mass is 280 g/mol. The zero-order valence-electron chi connectivity index (χ0n) is 11.6. The van der Waals surface area contributed by atoms with E-state index in [9.17, 15) is 15.2 Å². The van der Waals surface area contributed by atoms with Crippen molar-refractivity contribution in [3.63, 3.8) is 0 Å². The van der Waals surface area contributed by atoms with Crippen LogP contribution in [0.25, 0.3) is 0 Å². The summed E-state index contributed by atoms with van der Waals surface area (Å²) in [5.74, 6) is 0.550. The Morgan fingerprint density at radius 2 is 2.10 bits per heavy atom. The van der Waals surface area contributed by atoms with Crippen LogP contribution in [0.3, 0.4) is 0 Å². The van der Waals surface area contributed by atoms with Crippen LogP contribution in [0, 0.1) is 10.1 Å². The van der Waals surface area contributed by atoms with Crippen molar-refractivity contribution >= 4 is 11.4 Å². The second-order valence-electron chi connectivity index (χ2n) is 5.28. The fourth-order valence-corrected chi connectivity index (χ4v) is 2.59. The average molecular weight is 280 g/mol. The number of rotatable bonds is 5. The molecule has 0 amide bonds. The van der Waals surface area contributed by atoms with E-state index in [0.717, 1.165) is 32.1 Å². The zero-order valence-corrected chi connectivity index (χ0v) is 11.6. The second kappa shape index (κ2) is 6.09. The van der Waals surface area contributed by atoms with Gasteiger partial charge in [0.05, 0.1) is 17.6 Å². The molecule has 0 radical (unpaired) electrons. The molecule has 0 unspecified atom stereocenters. The number of benzene rings is 1. The molecule has 0 spiro atoms. The number of nitrogens with zero attached hydrogens (tertiary/aromatic N) is 1. The number of ether oxygens (including phenoxy) is 1. The number of anilines is 1. The Kier molecular flexibility index (Phi) is 4.44. The molecule has 2 rings (SSSR count). The first-order chi connectivity index (χ1) is 9.54. The largest absolute Gasteiger partial charge is 0.497 e. The van der Waals surface area contributed by atoms with E-state index in [4.69, 9.17) is 4.74 Å². The van der Waals surface area contributed by atoms with E-state index in [1.165, 1.54) is 13.2 Å². The van der Waals surface area contributed by atoms with Crippen LogP contribution in [0.1, 0.15) is 32.1 Å². The van der Waals surface area contributed by atoms with E-state index in [1.54, 1.807) is 12.1 Å². The lowest BCUT2D eigenvalue weighted by molar-refractivity contribution is -0.384. The lowest BCUT2D eigenvalue weighted by Crippen LogP contribution is -2.38. The first-order valence-corrected chi connectivity index (χ1v) is 6.83. The summed E-state index contributed by atoms with van der Waals surface area (Å²) < 4.78 is 5.08. The van der Waals surface area contributed by atoms with Crippen LogP contribution in [0.15, 0.2) is 18.2 Å². The van der Waals surface area contributed by atoms with Gasteiger partial charge in [-0.3, -0.25) is 10.1 Å². The minimum Gasteiger partial charge on any atom is -0.497 e. The van der Waals surface area contributed by atoms with Crippen LogP contribution in [0.4, 0.5) is 11.4 Å². The van der Waals surface area contributed by atoms with Crippen LogP contribution in [0.5, 0.6) is 5.75 Å². The summed E-state index contributed by atoms with van der Waals surface area (Å²) in [5, 5.41) is 24.4. The molecule has 0 bridgehead atoms. The molecule has 0 aromatic heterocycles. The Balaban J connectivity index is 2.12. The van der Waals surface area contributed by atoms with E-state index in [1.807, 2.05) is 0 Å². The third kappa shape index (κ3) is 3.39. The predicted octanol–water partition coefficient (Wildman–Crippen LogP) is 2.71. The van der Waals surface area contributed by atoms with Gasteiger partial charge in [0, 0.05) is 18.7 Å². The van der Waals surface area contributed by atoms with Gasteiger partial charge in [0.15, 0.2) is 0 Å². The van der Waals surface area contributed by atoms with Gasteiger partial charge in [0.1, 0.15) is 11.4 Å². The van der Waals surface area contributed by atoms with Crippen molar-refractivity contribution in [3.05, 3.63) is 28.3 Å². The van der Waals surface area contributed by atoms with Crippen LogP contribution >= 0.6 is 0 Å². The van der Waals surface area contributed by atoms with Crippen molar-refractivity contribution in [3.8, 4) is 5.75 Å². The van der Waals surface area contributed by atoms with E-state index < -0.39 is 10.5 Å². The summed E-state index contributed by atoms with van der Waals surface area (Å²) in [4.78, 5) is 10.6. The predicted molar refractivity (Wildman–Crippen MR) is 76.2 cm³/mol. The van der Waals surface area contributed by atoms with Gasteiger partial charge in [0.25, 0.3) is 5.69 Å². The summed E-state index contributed by atoms with van der Waals surface area (Å²) in [6.45, 7) is 0.320. The molecule has 0 heterocycles. The summed E-state index contributed by atoms with van der Waals surface area (Å²) in [6, 6.07) is 4.55. The van der Waals surface area contributed by atoms with E-state index >= 15 is 0 Å². The van der Waals surface area contributed by atoms with Crippen LogP contribution in [-0.2, 0) is 0 Å². The van der Waals surface area contributed by atoms with Crippen LogP contribution < -0.4 is 10.1 Å². The van der Waals surface area contributed by atoms with Crippen LogP contribution in [0.2, 0.25) is 0 Å². The molecule has 20 heavy (non-hydrogen) atoms. The Labute approximate surface area is 117 Å². The van der Waals surface area contributed by atoms with Crippen LogP contribution in [-0.4, -0.2) is 29.3 Å². The molecule has 0 saturated heterocycles.